The Morgan fingerprint density at radius 2 is 0.988 bits per heavy atom. The van der Waals surface area contributed by atoms with E-state index >= 15 is 0 Å². The molecule has 2 aliphatic heterocycles. The zero-order valence-corrected chi connectivity index (χ0v) is 43.7. The number of anilines is 5. The Balaban J connectivity index is 0.789. The van der Waals surface area contributed by atoms with Crippen molar-refractivity contribution in [2.24, 2.45) is 5.92 Å². The zero-order chi connectivity index (χ0) is 52.5. The molecule has 0 amide bonds. The predicted octanol–water partition coefficient (Wildman–Crippen LogP) is 20.3. The third-order valence-corrected chi connectivity index (χ3v) is 17.9. The zero-order valence-electron chi connectivity index (χ0n) is 43.7. The summed E-state index contributed by atoms with van der Waals surface area (Å²) in [6.07, 6.45) is 7.21. The molecule has 3 unspecified atom stereocenters. The molecular formula is C77H50N2O. The van der Waals surface area contributed by atoms with E-state index in [1.807, 2.05) is 6.07 Å². The van der Waals surface area contributed by atoms with Crippen LogP contribution in [0.15, 0.2) is 296 Å². The number of rotatable bonds is 7. The second-order valence-electron chi connectivity index (χ2n) is 21.9. The number of hydrogen-bond donors (Lipinski definition) is 0. The fourth-order valence-corrected chi connectivity index (χ4v) is 14.5. The van der Waals surface area contributed by atoms with Gasteiger partial charge in [0.05, 0.1) is 17.1 Å². The van der Waals surface area contributed by atoms with E-state index < -0.39 is 5.41 Å². The standard InChI is InChI=1S/C77H50N2O/c1-2-17-49(18-3-1)51-19-14-20-56(46-51)59-21-5-10-31-71(59)78(57-41-37-50(38-42-57)60-25-15-27-66-64-24-7-13-34-74(64)80-76(60)66)58-43-39-53-45-52(35-36-54(53)47-58)55-40-44-62-61-22-4-8-28-67(61)77(70(62)48-55)68-29-9-12-33-73(68)79-72-32-11-6-23-63(72)65-26-16-30-69(77)75(65)79/h1-48,69,75H. The molecule has 3 heteroatoms. The molecule has 4 aliphatic rings. The molecule has 0 N–H and O–H groups in total. The van der Waals surface area contributed by atoms with Gasteiger partial charge < -0.3 is 14.2 Å². The van der Waals surface area contributed by atoms with Gasteiger partial charge in [-0.05, 0) is 144 Å². The van der Waals surface area contributed by atoms with Crippen molar-refractivity contribution in [2.75, 3.05) is 9.80 Å². The summed E-state index contributed by atoms with van der Waals surface area (Å²) in [4.78, 5) is 5.06. The van der Waals surface area contributed by atoms with Gasteiger partial charge in [0.15, 0.2) is 0 Å². The van der Waals surface area contributed by atoms with Crippen molar-refractivity contribution in [3.63, 3.8) is 0 Å². The Morgan fingerprint density at radius 1 is 0.375 bits per heavy atom. The molecule has 3 atom stereocenters. The third-order valence-electron chi connectivity index (χ3n) is 17.9. The molecule has 12 aromatic carbocycles. The molecular weight excluding hydrogens is 969 g/mol. The van der Waals surface area contributed by atoms with Crippen molar-refractivity contribution >= 4 is 66.7 Å². The summed E-state index contributed by atoms with van der Waals surface area (Å²) in [5, 5.41) is 4.62. The Labute approximate surface area is 464 Å². The second-order valence-corrected chi connectivity index (χ2v) is 21.9. The summed E-state index contributed by atoms with van der Waals surface area (Å²) < 4.78 is 6.53. The van der Waals surface area contributed by atoms with Crippen molar-refractivity contribution < 1.29 is 4.42 Å². The van der Waals surface area contributed by atoms with Gasteiger partial charge in [-0.15, -0.1) is 0 Å². The molecule has 3 nitrogen and oxygen atoms in total. The molecule has 1 spiro atoms. The van der Waals surface area contributed by atoms with Crippen LogP contribution in [-0.2, 0) is 5.41 Å². The highest BCUT2D eigenvalue weighted by Gasteiger charge is 2.59. The molecule has 0 fully saturated rings. The van der Waals surface area contributed by atoms with Crippen LogP contribution >= 0.6 is 0 Å². The van der Waals surface area contributed by atoms with Gasteiger partial charge in [0.25, 0.3) is 0 Å². The normalized spacial score (nSPS) is 17.1. The molecule has 2 aliphatic carbocycles. The molecule has 17 rings (SSSR count). The number of furan rings is 1. The number of fused-ring (bicyclic) bond motifs is 16. The van der Waals surface area contributed by atoms with E-state index in [4.69, 9.17) is 4.42 Å². The fraction of sp³-hybridized carbons (Fsp3) is 0.0390. The van der Waals surface area contributed by atoms with Gasteiger partial charge in [-0.2, -0.15) is 0 Å². The molecule has 0 bridgehead atoms. The number of hydrogen-bond acceptors (Lipinski definition) is 3. The third kappa shape index (κ3) is 6.49. The number of allylic oxidation sites excluding steroid dienone is 2. The van der Waals surface area contributed by atoms with Crippen LogP contribution in [0.4, 0.5) is 28.4 Å². The van der Waals surface area contributed by atoms with Crippen molar-refractivity contribution in [1.29, 1.82) is 0 Å². The summed E-state index contributed by atoms with van der Waals surface area (Å²) in [6.45, 7) is 0. The first-order valence-electron chi connectivity index (χ1n) is 27.9. The van der Waals surface area contributed by atoms with Crippen LogP contribution in [0.2, 0.25) is 0 Å². The van der Waals surface area contributed by atoms with Gasteiger partial charge in [-0.1, -0.05) is 224 Å². The minimum atomic E-state index is -0.398. The maximum atomic E-state index is 6.53. The summed E-state index contributed by atoms with van der Waals surface area (Å²) in [5.74, 6) is 0.167. The van der Waals surface area contributed by atoms with Crippen molar-refractivity contribution in [3.05, 3.63) is 313 Å². The summed E-state index contributed by atoms with van der Waals surface area (Å²) in [6, 6.07) is 101. The largest absolute Gasteiger partial charge is 0.455 e. The highest BCUT2D eigenvalue weighted by Crippen LogP contribution is 2.67. The average Bonchev–Trinajstić information content (AvgIpc) is 2.91. The first kappa shape index (κ1) is 44.9. The van der Waals surface area contributed by atoms with Gasteiger partial charge >= 0.3 is 0 Å². The van der Waals surface area contributed by atoms with E-state index in [0.717, 1.165) is 61.3 Å². The lowest BCUT2D eigenvalue weighted by atomic mass is 9.57. The topological polar surface area (TPSA) is 19.6 Å². The average molecular weight is 1020 g/mol. The molecule has 13 aromatic rings. The van der Waals surface area contributed by atoms with E-state index in [-0.39, 0.29) is 12.0 Å². The minimum Gasteiger partial charge on any atom is -0.455 e. The van der Waals surface area contributed by atoms with E-state index in [1.165, 1.54) is 83.4 Å². The Bertz CT molecular complexity index is 4750. The van der Waals surface area contributed by atoms with E-state index in [9.17, 15) is 0 Å². The summed E-state index contributed by atoms with van der Waals surface area (Å²) in [7, 11) is 0. The maximum absolute atomic E-state index is 6.53. The summed E-state index contributed by atoms with van der Waals surface area (Å²) in [5.41, 5.74) is 26.1. The predicted molar refractivity (Wildman–Crippen MR) is 332 cm³/mol. The van der Waals surface area contributed by atoms with Crippen molar-refractivity contribution in [3.8, 4) is 55.6 Å². The molecule has 1 aromatic heterocycles. The Morgan fingerprint density at radius 3 is 1.89 bits per heavy atom. The first-order valence-corrected chi connectivity index (χ1v) is 27.9. The molecule has 0 saturated carbocycles. The highest BCUT2D eigenvalue weighted by atomic mass is 16.3. The van der Waals surface area contributed by atoms with Crippen molar-refractivity contribution in [2.45, 2.75) is 11.5 Å². The van der Waals surface area contributed by atoms with Crippen LogP contribution in [-0.4, -0.2) is 6.04 Å². The SMILES string of the molecule is C1=CC2C3C(=C1)c1ccccc1N3c1ccccc1C21c2ccccc2-c2ccc(-c3ccc4cc(N(c5ccc(-c6cccc7c6oc6ccccc67)cc5)c5ccccc5-c5cccc(-c6ccccc6)c5)ccc4c3)cc21. The fourth-order valence-electron chi connectivity index (χ4n) is 14.5. The number of nitrogens with zero attached hydrogens (tertiary/aromatic N) is 2. The lowest BCUT2D eigenvalue weighted by molar-refractivity contribution is 0.404. The van der Waals surface area contributed by atoms with Crippen LogP contribution < -0.4 is 9.80 Å². The lowest BCUT2D eigenvalue weighted by Crippen LogP contribution is -2.52. The van der Waals surface area contributed by atoms with Crippen LogP contribution in [0.3, 0.4) is 0 Å². The minimum absolute atomic E-state index is 0.167. The van der Waals surface area contributed by atoms with Crippen LogP contribution in [0.25, 0.3) is 93.9 Å². The van der Waals surface area contributed by atoms with Crippen molar-refractivity contribution in [1.82, 2.24) is 0 Å². The highest BCUT2D eigenvalue weighted by molar-refractivity contribution is 6.10. The Hall–Kier alpha value is -10.2. The van der Waals surface area contributed by atoms with Crippen LogP contribution in [0, 0.1) is 5.92 Å². The van der Waals surface area contributed by atoms with E-state index in [1.54, 1.807) is 0 Å². The smallest absolute Gasteiger partial charge is 0.143 e. The Kier molecular flexibility index (Phi) is 9.75. The van der Waals surface area contributed by atoms with E-state index in [2.05, 4.69) is 295 Å². The van der Waals surface area contributed by atoms with Gasteiger partial charge in [0.2, 0.25) is 0 Å². The maximum Gasteiger partial charge on any atom is 0.143 e. The number of benzene rings is 12. The van der Waals surface area contributed by atoms with Crippen LogP contribution in [0.1, 0.15) is 22.3 Å². The van der Waals surface area contributed by atoms with Gasteiger partial charge in [0, 0.05) is 56.1 Å². The van der Waals surface area contributed by atoms with Gasteiger partial charge in [-0.3, -0.25) is 0 Å². The summed E-state index contributed by atoms with van der Waals surface area (Å²) >= 11 is 0. The number of para-hydroxylation sites is 5. The molecule has 3 heterocycles. The van der Waals surface area contributed by atoms with Gasteiger partial charge in [-0.25, -0.2) is 0 Å². The first-order chi connectivity index (χ1) is 39.7. The lowest BCUT2D eigenvalue weighted by Gasteiger charge is -2.52. The second kappa shape index (κ2) is 17.4. The molecule has 374 valence electrons. The van der Waals surface area contributed by atoms with Crippen LogP contribution in [0.5, 0.6) is 0 Å². The van der Waals surface area contributed by atoms with E-state index in [0.29, 0.717) is 0 Å². The van der Waals surface area contributed by atoms with Gasteiger partial charge in [0.1, 0.15) is 11.2 Å². The quantitative estimate of drug-likeness (QED) is 0.159. The molecule has 80 heavy (non-hydrogen) atoms. The molecule has 0 radical (unpaired) electrons. The monoisotopic (exact) mass is 1020 g/mol. The molecule has 0 saturated heterocycles.